The van der Waals surface area contributed by atoms with E-state index >= 15 is 0 Å². The average molecular weight is 225 g/mol. The van der Waals surface area contributed by atoms with Crippen LogP contribution in [0, 0.1) is 24.6 Å². The molecule has 0 aliphatic heterocycles. The normalized spacial score (nSPS) is 14.8. The van der Waals surface area contributed by atoms with E-state index in [1.54, 1.807) is 6.07 Å². The van der Waals surface area contributed by atoms with Gasteiger partial charge in [-0.25, -0.2) is 4.39 Å². The van der Waals surface area contributed by atoms with E-state index < -0.39 is 0 Å². The molecule has 0 aliphatic carbocycles. The highest BCUT2D eigenvalue weighted by Gasteiger charge is 2.16. The molecule has 1 aromatic rings. The van der Waals surface area contributed by atoms with Crippen LogP contribution in [0.1, 0.15) is 18.1 Å². The van der Waals surface area contributed by atoms with Crippen molar-refractivity contribution in [2.45, 2.75) is 20.3 Å². The fourth-order valence-electron chi connectivity index (χ4n) is 1.82. The SMILES string of the molecule is Cc1ccc(CC(C)C(CN)CO)c(F)c1. The van der Waals surface area contributed by atoms with Crippen molar-refractivity contribution < 1.29 is 9.50 Å². The molecule has 90 valence electrons. The number of rotatable bonds is 5. The summed E-state index contributed by atoms with van der Waals surface area (Å²) in [5.74, 6) is 0.0634. The molecular weight excluding hydrogens is 205 g/mol. The van der Waals surface area contributed by atoms with Gasteiger partial charge in [0.25, 0.3) is 0 Å². The quantitative estimate of drug-likeness (QED) is 0.803. The lowest BCUT2D eigenvalue weighted by molar-refractivity contribution is 0.186. The fourth-order valence-corrected chi connectivity index (χ4v) is 1.82. The maximum absolute atomic E-state index is 13.6. The first-order chi connectivity index (χ1) is 7.58. The third-order valence-electron chi connectivity index (χ3n) is 3.09. The molecule has 0 fully saturated rings. The lowest BCUT2D eigenvalue weighted by Gasteiger charge is -2.20. The van der Waals surface area contributed by atoms with Crippen LogP contribution in [0.3, 0.4) is 0 Å². The number of halogens is 1. The maximum Gasteiger partial charge on any atom is 0.126 e. The predicted octanol–water partition coefficient (Wildman–Crippen LogP) is 1.88. The van der Waals surface area contributed by atoms with Crippen LogP contribution in [0.2, 0.25) is 0 Å². The van der Waals surface area contributed by atoms with Gasteiger partial charge in [0.1, 0.15) is 5.82 Å². The lowest BCUT2D eigenvalue weighted by atomic mass is 9.88. The monoisotopic (exact) mass is 225 g/mol. The Bertz CT molecular complexity index is 337. The first-order valence-electron chi connectivity index (χ1n) is 5.64. The van der Waals surface area contributed by atoms with E-state index in [9.17, 15) is 4.39 Å². The highest BCUT2D eigenvalue weighted by molar-refractivity contribution is 5.23. The van der Waals surface area contributed by atoms with Crippen LogP contribution in [0.5, 0.6) is 0 Å². The minimum absolute atomic E-state index is 0.0423. The Labute approximate surface area is 96.3 Å². The molecule has 3 heteroatoms. The molecule has 0 amide bonds. The van der Waals surface area contributed by atoms with Gasteiger partial charge in [0.2, 0.25) is 0 Å². The van der Waals surface area contributed by atoms with Crippen LogP contribution in [0.25, 0.3) is 0 Å². The van der Waals surface area contributed by atoms with Crippen molar-refractivity contribution in [3.63, 3.8) is 0 Å². The van der Waals surface area contributed by atoms with Crippen molar-refractivity contribution in [2.24, 2.45) is 17.6 Å². The van der Waals surface area contributed by atoms with E-state index in [-0.39, 0.29) is 24.3 Å². The third kappa shape index (κ3) is 3.29. The maximum atomic E-state index is 13.6. The van der Waals surface area contributed by atoms with Crippen LogP contribution >= 0.6 is 0 Å². The summed E-state index contributed by atoms with van der Waals surface area (Å²) in [6.45, 7) is 4.36. The third-order valence-corrected chi connectivity index (χ3v) is 3.09. The zero-order valence-electron chi connectivity index (χ0n) is 9.91. The van der Waals surface area contributed by atoms with Crippen LogP contribution in [0.15, 0.2) is 18.2 Å². The Balaban J connectivity index is 2.72. The Kier molecular flexibility index (Phi) is 4.90. The molecule has 0 bridgehead atoms. The summed E-state index contributed by atoms with van der Waals surface area (Å²) in [4.78, 5) is 0. The summed E-state index contributed by atoms with van der Waals surface area (Å²) in [5, 5.41) is 9.11. The van der Waals surface area contributed by atoms with Crippen molar-refractivity contribution >= 4 is 0 Å². The topological polar surface area (TPSA) is 46.2 Å². The van der Waals surface area contributed by atoms with Crippen molar-refractivity contribution in [1.29, 1.82) is 0 Å². The average Bonchev–Trinajstić information content (AvgIpc) is 2.24. The number of aryl methyl sites for hydroxylation is 1. The zero-order valence-corrected chi connectivity index (χ0v) is 9.91. The van der Waals surface area contributed by atoms with Gasteiger partial charge in [-0.3, -0.25) is 0 Å². The fraction of sp³-hybridized carbons (Fsp3) is 0.538. The van der Waals surface area contributed by atoms with Gasteiger partial charge < -0.3 is 10.8 Å². The Morgan fingerprint density at radius 2 is 2.12 bits per heavy atom. The summed E-state index contributed by atoms with van der Waals surface area (Å²) < 4.78 is 13.6. The number of aliphatic hydroxyl groups excluding tert-OH is 1. The van der Waals surface area contributed by atoms with Crippen molar-refractivity contribution in [3.05, 3.63) is 35.1 Å². The van der Waals surface area contributed by atoms with Gasteiger partial charge in [-0.2, -0.15) is 0 Å². The van der Waals surface area contributed by atoms with E-state index in [2.05, 4.69) is 0 Å². The molecule has 0 heterocycles. The van der Waals surface area contributed by atoms with E-state index in [4.69, 9.17) is 10.8 Å². The Hall–Kier alpha value is -0.930. The van der Waals surface area contributed by atoms with Gasteiger partial charge >= 0.3 is 0 Å². The first-order valence-corrected chi connectivity index (χ1v) is 5.64. The molecule has 0 radical (unpaired) electrons. The summed E-state index contributed by atoms with van der Waals surface area (Å²) >= 11 is 0. The molecule has 0 aromatic heterocycles. The van der Waals surface area contributed by atoms with Gasteiger partial charge in [-0.1, -0.05) is 19.1 Å². The number of benzene rings is 1. The van der Waals surface area contributed by atoms with E-state index in [1.807, 2.05) is 26.0 Å². The number of nitrogens with two attached hydrogens (primary N) is 1. The Morgan fingerprint density at radius 3 is 2.62 bits per heavy atom. The van der Waals surface area contributed by atoms with Crippen molar-refractivity contribution in [2.75, 3.05) is 13.2 Å². The first kappa shape index (κ1) is 13.1. The molecule has 0 aliphatic rings. The summed E-state index contributed by atoms with van der Waals surface area (Å²) in [6, 6.07) is 5.26. The minimum Gasteiger partial charge on any atom is -0.396 e. The molecule has 1 aromatic carbocycles. The second kappa shape index (κ2) is 5.97. The molecule has 0 saturated carbocycles. The second-order valence-corrected chi connectivity index (χ2v) is 4.45. The van der Waals surface area contributed by atoms with Crippen LogP contribution in [-0.2, 0) is 6.42 Å². The summed E-state index contributed by atoms with van der Waals surface area (Å²) in [5.41, 5.74) is 7.17. The summed E-state index contributed by atoms with van der Waals surface area (Å²) in [7, 11) is 0. The molecule has 16 heavy (non-hydrogen) atoms. The number of hydrogen-bond acceptors (Lipinski definition) is 2. The van der Waals surface area contributed by atoms with Gasteiger partial charge in [0.15, 0.2) is 0 Å². The molecule has 1 rings (SSSR count). The van der Waals surface area contributed by atoms with Gasteiger partial charge in [-0.15, -0.1) is 0 Å². The predicted molar refractivity (Wildman–Crippen MR) is 63.6 cm³/mol. The highest BCUT2D eigenvalue weighted by atomic mass is 19.1. The van der Waals surface area contributed by atoms with Crippen LogP contribution in [0.4, 0.5) is 4.39 Å². The molecule has 2 unspecified atom stereocenters. The zero-order chi connectivity index (χ0) is 12.1. The minimum atomic E-state index is -0.166. The number of aliphatic hydroxyl groups is 1. The molecule has 3 N–H and O–H groups in total. The van der Waals surface area contributed by atoms with E-state index in [0.29, 0.717) is 18.5 Å². The van der Waals surface area contributed by atoms with Crippen molar-refractivity contribution in [1.82, 2.24) is 0 Å². The lowest BCUT2D eigenvalue weighted by Crippen LogP contribution is -2.26. The molecular formula is C13H20FNO. The highest BCUT2D eigenvalue weighted by Crippen LogP contribution is 2.19. The van der Waals surface area contributed by atoms with Crippen LogP contribution < -0.4 is 5.73 Å². The van der Waals surface area contributed by atoms with Crippen molar-refractivity contribution in [3.8, 4) is 0 Å². The standard InChI is InChI=1S/C13H20FNO/c1-9-3-4-11(13(14)5-9)6-10(2)12(7-15)8-16/h3-5,10,12,16H,6-8,15H2,1-2H3. The molecule has 0 spiro atoms. The largest absolute Gasteiger partial charge is 0.396 e. The van der Waals surface area contributed by atoms with E-state index in [0.717, 1.165) is 5.56 Å². The van der Waals surface area contributed by atoms with Crippen LogP contribution in [-0.4, -0.2) is 18.3 Å². The molecule has 0 saturated heterocycles. The van der Waals surface area contributed by atoms with E-state index in [1.165, 1.54) is 0 Å². The van der Waals surface area contributed by atoms with Gasteiger partial charge in [0, 0.05) is 6.61 Å². The van der Waals surface area contributed by atoms with Gasteiger partial charge in [-0.05, 0) is 48.9 Å². The smallest absolute Gasteiger partial charge is 0.126 e. The van der Waals surface area contributed by atoms with Gasteiger partial charge in [0.05, 0.1) is 0 Å². The second-order valence-electron chi connectivity index (χ2n) is 4.45. The Morgan fingerprint density at radius 1 is 1.44 bits per heavy atom. The number of hydrogen-bond donors (Lipinski definition) is 2. The molecule has 2 nitrogen and oxygen atoms in total. The summed E-state index contributed by atoms with van der Waals surface area (Å²) in [6.07, 6.45) is 0.620. The molecule has 2 atom stereocenters.